The number of pyridine rings is 1. The molecular formula is C15H11ClN4O2. The Morgan fingerprint density at radius 1 is 1.36 bits per heavy atom. The zero-order chi connectivity index (χ0) is 15.9. The molecule has 0 bridgehead atoms. The number of aromatic amines is 1. The molecule has 2 aromatic rings. The summed E-state index contributed by atoms with van der Waals surface area (Å²) in [6.07, 6.45) is 5.88. The lowest BCUT2D eigenvalue weighted by Crippen LogP contribution is -2.31. The SMILES string of the molecule is C=C/C(Cl)=C\C(=C)CN1C(=O)c2cnc3[nH]ncc3c2C1=O. The molecule has 22 heavy (non-hydrogen) atoms. The lowest BCUT2D eigenvalue weighted by molar-refractivity contribution is 0.0670. The van der Waals surface area contributed by atoms with E-state index in [9.17, 15) is 9.59 Å². The van der Waals surface area contributed by atoms with Crippen molar-refractivity contribution in [2.45, 2.75) is 0 Å². The molecule has 0 spiro atoms. The number of rotatable bonds is 4. The fourth-order valence-electron chi connectivity index (χ4n) is 2.31. The number of H-pyrrole nitrogens is 1. The Kier molecular flexibility index (Phi) is 3.38. The normalized spacial score (nSPS) is 14.6. The van der Waals surface area contributed by atoms with E-state index < -0.39 is 11.8 Å². The van der Waals surface area contributed by atoms with Crippen molar-refractivity contribution in [2.24, 2.45) is 0 Å². The molecule has 1 N–H and O–H groups in total. The van der Waals surface area contributed by atoms with Crippen molar-refractivity contribution in [2.75, 3.05) is 6.54 Å². The van der Waals surface area contributed by atoms with Gasteiger partial charge in [-0.15, -0.1) is 0 Å². The number of nitrogens with zero attached hydrogens (tertiary/aromatic N) is 3. The number of halogens is 1. The Morgan fingerprint density at radius 2 is 2.14 bits per heavy atom. The highest BCUT2D eigenvalue weighted by atomic mass is 35.5. The van der Waals surface area contributed by atoms with Gasteiger partial charge in [-0.3, -0.25) is 19.6 Å². The van der Waals surface area contributed by atoms with E-state index in [1.165, 1.54) is 18.5 Å². The monoisotopic (exact) mass is 314 g/mol. The van der Waals surface area contributed by atoms with Gasteiger partial charge >= 0.3 is 0 Å². The van der Waals surface area contributed by atoms with E-state index in [0.29, 0.717) is 27.2 Å². The van der Waals surface area contributed by atoms with Crippen LogP contribution in [-0.2, 0) is 0 Å². The third-order valence-corrected chi connectivity index (χ3v) is 3.58. The molecule has 2 amide bonds. The minimum Gasteiger partial charge on any atom is -0.270 e. The molecule has 0 atom stereocenters. The van der Waals surface area contributed by atoms with Crippen molar-refractivity contribution in [3.63, 3.8) is 0 Å². The van der Waals surface area contributed by atoms with E-state index >= 15 is 0 Å². The van der Waals surface area contributed by atoms with Crippen LogP contribution in [0, 0.1) is 0 Å². The number of carbonyl (C=O) groups excluding carboxylic acids is 2. The molecule has 3 rings (SSSR count). The number of hydrogen-bond acceptors (Lipinski definition) is 4. The molecule has 0 radical (unpaired) electrons. The van der Waals surface area contributed by atoms with Gasteiger partial charge in [-0.1, -0.05) is 30.8 Å². The van der Waals surface area contributed by atoms with Crippen LogP contribution in [0.4, 0.5) is 0 Å². The zero-order valence-electron chi connectivity index (χ0n) is 11.5. The van der Waals surface area contributed by atoms with E-state index in [1.54, 1.807) is 6.08 Å². The molecule has 0 fully saturated rings. The lowest BCUT2D eigenvalue weighted by Gasteiger charge is -2.13. The predicted molar refractivity (Wildman–Crippen MR) is 82.5 cm³/mol. The zero-order valence-corrected chi connectivity index (χ0v) is 12.2. The van der Waals surface area contributed by atoms with Gasteiger partial charge in [-0.25, -0.2) is 4.98 Å². The van der Waals surface area contributed by atoms with E-state index in [4.69, 9.17) is 11.6 Å². The van der Waals surface area contributed by atoms with Gasteiger partial charge in [0.15, 0.2) is 5.65 Å². The Balaban J connectivity index is 1.96. The first-order valence-electron chi connectivity index (χ1n) is 6.38. The number of imide groups is 1. The van der Waals surface area contributed by atoms with Crippen molar-refractivity contribution >= 4 is 34.4 Å². The molecular weight excluding hydrogens is 304 g/mol. The number of amides is 2. The summed E-state index contributed by atoms with van der Waals surface area (Å²) >= 11 is 5.84. The van der Waals surface area contributed by atoms with Crippen molar-refractivity contribution in [1.82, 2.24) is 20.1 Å². The Bertz CT molecular complexity index is 866. The average Bonchev–Trinajstić information content (AvgIpc) is 3.05. The molecule has 0 aliphatic carbocycles. The summed E-state index contributed by atoms with van der Waals surface area (Å²) < 4.78 is 0. The van der Waals surface area contributed by atoms with Crippen molar-refractivity contribution in [1.29, 1.82) is 0 Å². The fourth-order valence-corrected chi connectivity index (χ4v) is 2.47. The maximum atomic E-state index is 12.5. The number of nitrogens with one attached hydrogen (secondary N) is 1. The first-order chi connectivity index (χ1) is 10.5. The van der Waals surface area contributed by atoms with Crippen LogP contribution in [0.25, 0.3) is 11.0 Å². The summed E-state index contributed by atoms with van der Waals surface area (Å²) in [6.45, 7) is 7.38. The standard InChI is InChI=1S/C15H11ClN4O2/c1-3-9(16)4-8(2)7-20-14(21)11-5-17-13-10(6-18-19-13)12(11)15(20)22/h3-6H,1-2,7H2,(H,17,18,19)/b9-4+. The first-order valence-corrected chi connectivity index (χ1v) is 6.76. The molecule has 1 aliphatic rings. The average molecular weight is 315 g/mol. The van der Waals surface area contributed by atoms with E-state index in [0.717, 1.165) is 4.90 Å². The van der Waals surface area contributed by atoms with Gasteiger partial charge in [0.05, 0.1) is 29.3 Å². The van der Waals surface area contributed by atoms with Crippen LogP contribution in [0.2, 0.25) is 0 Å². The quantitative estimate of drug-likeness (QED) is 0.694. The Hall–Kier alpha value is -2.73. The maximum Gasteiger partial charge on any atom is 0.263 e. The Labute approximate surface area is 130 Å². The Morgan fingerprint density at radius 3 is 2.86 bits per heavy atom. The largest absolute Gasteiger partial charge is 0.270 e. The molecule has 0 saturated carbocycles. The highest BCUT2D eigenvalue weighted by Gasteiger charge is 2.37. The maximum absolute atomic E-state index is 12.5. The van der Waals surface area contributed by atoms with Crippen LogP contribution < -0.4 is 0 Å². The van der Waals surface area contributed by atoms with Crippen LogP contribution >= 0.6 is 11.6 Å². The molecule has 3 heterocycles. The highest BCUT2D eigenvalue weighted by Crippen LogP contribution is 2.28. The second kappa shape index (κ2) is 5.23. The molecule has 110 valence electrons. The number of hydrogen-bond donors (Lipinski definition) is 1. The fraction of sp³-hybridized carbons (Fsp3) is 0.0667. The topological polar surface area (TPSA) is 79.0 Å². The molecule has 1 aliphatic heterocycles. The van der Waals surface area contributed by atoms with Gasteiger partial charge in [0, 0.05) is 11.2 Å². The van der Waals surface area contributed by atoms with Gasteiger partial charge in [-0.2, -0.15) is 5.10 Å². The molecule has 0 unspecified atom stereocenters. The van der Waals surface area contributed by atoms with Crippen LogP contribution in [0.5, 0.6) is 0 Å². The van der Waals surface area contributed by atoms with Gasteiger partial charge in [-0.05, 0) is 11.6 Å². The van der Waals surface area contributed by atoms with Crippen molar-refractivity contribution in [3.05, 3.63) is 59.4 Å². The van der Waals surface area contributed by atoms with Crippen LogP contribution in [-0.4, -0.2) is 38.4 Å². The molecule has 2 aromatic heterocycles. The van der Waals surface area contributed by atoms with Crippen LogP contribution in [0.15, 0.2) is 48.3 Å². The predicted octanol–water partition coefficient (Wildman–Crippen LogP) is 2.42. The van der Waals surface area contributed by atoms with E-state index in [-0.39, 0.29) is 12.1 Å². The van der Waals surface area contributed by atoms with Crippen LogP contribution in [0.1, 0.15) is 20.7 Å². The molecule has 7 heteroatoms. The summed E-state index contributed by atoms with van der Waals surface area (Å²) in [7, 11) is 0. The summed E-state index contributed by atoms with van der Waals surface area (Å²) in [4.78, 5) is 30.1. The van der Waals surface area contributed by atoms with Gasteiger partial charge in [0.25, 0.3) is 11.8 Å². The number of carbonyl (C=O) groups is 2. The summed E-state index contributed by atoms with van der Waals surface area (Å²) in [5.41, 5.74) is 1.58. The first kappa shape index (κ1) is 14.2. The summed E-state index contributed by atoms with van der Waals surface area (Å²) in [6, 6.07) is 0. The van der Waals surface area contributed by atoms with Crippen molar-refractivity contribution in [3.8, 4) is 0 Å². The van der Waals surface area contributed by atoms with E-state index in [1.807, 2.05) is 0 Å². The molecule has 0 saturated heterocycles. The number of fused-ring (bicyclic) bond motifs is 3. The summed E-state index contributed by atoms with van der Waals surface area (Å²) in [5.74, 6) is -0.794. The third kappa shape index (κ3) is 2.14. The van der Waals surface area contributed by atoms with Crippen molar-refractivity contribution < 1.29 is 9.59 Å². The number of aromatic nitrogens is 3. The smallest absolute Gasteiger partial charge is 0.263 e. The minimum atomic E-state index is -0.403. The number of allylic oxidation sites excluding steroid dienone is 2. The second-order valence-corrected chi connectivity index (χ2v) is 5.20. The van der Waals surface area contributed by atoms with E-state index in [2.05, 4.69) is 28.3 Å². The minimum absolute atomic E-state index is 0.0513. The summed E-state index contributed by atoms with van der Waals surface area (Å²) in [5, 5.41) is 7.45. The highest BCUT2D eigenvalue weighted by molar-refractivity contribution is 6.31. The van der Waals surface area contributed by atoms with Gasteiger partial charge in [0.2, 0.25) is 0 Å². The van der Waals surface area contributed by atoms with Gasteiger partial charge < -0.3 is 0 Å². The van der Waals surface area contributed by atoms with Crippen LogP contribution in [0.3, 0.4) is 0 Å². The lowest BCUT2D eigenvalue weighted by atomic mass is 10.1. The van der Waals surface area contributed by atoms with Gasteiger partial charge in [0.1, 0.15) is 0 Å². The molecule has 0 aromatic carbocycles. The second-order valence-electron chi connectivity index (χ2n) is 4.77. The molecule has 6 nitrogen and oxygen atoms in total. The third-order valence-electron chi connectivity index (χ3n) is 3.31.